The molecule has 0 spiro atoms. The van der Waals surface area contributed by atoms with Gasteiger partial charge in [0.1, 0.15) is 0 Å². The molecule has 0 fully saturated rings. The molecule has 0 saturated carbocycles. The van der Waals surface area contributed by atoms with Crippen LogP contribution >= 0.6 is 0 Å². The summed E-state index contributed by atoms with van der Waals surface area (Å²) in [5.74, 6) is 0. The van der Waals surface area contributed by atoms with E-state index < -0.39 is 0 Å². The van der Waals surface area contributed by atoms with Gasteiger partial charge in [0.25, 0.3) is 0 Å². The van der Waals surface area contributed by atoms with E-state index in [1.807, 2.05) is 0 Å². The van der Waals surface area contributed by atoms with Crippen LogP contribution in [-0.4, -0.2) is 0 Å². The number of rotatable bonds is 0. The minimum absolute atomic E-state index is 1.11. The average molecular weight is 162 g/mol. The highest BCUT2D eigenvalue weighted by atomic mass is 14.0. The topological polar surface area (TPSA) is 0 Å². The minimum Gasteiger partial charge on any atom is -0.0850 e. The third-order valence-electron chi connectivity index (χ3n) is 2.24. The highest BCUT2D eigenvalue weighted by Crippen LogP contribution is 2.12. The maximum absolute atomic E-state index is 2.35. The van der Waals surface area contributed by atoms with E-state index in [-0.39, 0.29) is 0 Å². The largest absolute Gasteiger partial charge is 0.0850 e. The van der Waals surface area contributed by atoms with Crippen LogP contribution in [0.3, 0.4) is 0 Å². The molecule has 0 amide bonds. The summed E-state index contributed by atoms with van der Waals surface area (Å²) in [7, 11) is 0. The molecule has 0 aliphatic heterocycles. The summed E-state index contributed by atoms with van der Waals surface area (Å²) in [6, 6.07) is 0. The van der Waals surface area contributed by atoms with Crippen molar-refractivity contribution in [2.24, 2.45) is 0 Å². The second kappa shape index (κ2) is 4.97. The summed E-state index contributed by atoms with van der Waals surface area (Å²) in [5.41, 5.74) is 3.02. The Kier molecular flexibility index (Phi) is 3.86. The van der Waals surface area contributed by atoms with Gasteiger partial charge in [-0.05, 0) is 39.5 Å². The van der Waals surface area contributed by atoms with Crippen LogP contribution < -0.4 is 0 Å². The Hall–Kier alpha value is -0.780. The molecule has 0 N–H and O–H groups in total. The van der Waals surface area contributed by atoms with Crippen molar-refractivity contribution < 1.29 is 0 Å². The fourth-order valence-corrected chi connectivity index (χ4v) is 1.37. The molecule has 0 aromatic carbocycles. The van der Waals surface area contributed by atoms with Crippen molar-refractivity contribution in [2.45, 2.75) is 39.5 Å². The highest BCUT2D eigenvalue weighted by molar-refractivity contribution is 5.10. The average Bonchev–Trinajstić information content (AvgIpc) is 2.04. The molecule has 0 heterocycles. The fraction of sp³-hybridized carbons (Fsp3) is 0.500. The molecule has 0 bridgehead atoms. The lowest BCUT2D eigenvalue weighted by molar-refractivity contribution is 0.946. The molecule has 1 aliphatic rings. The van der Waals surface area contributed by atoms with Crippen molar-refractivity contribution in [1.29, 1.82) is 0 Å². The number of allylic oxidation sites excluding steroid dienone is 6. The molecule has 0 atom stereocenters. The van der Waals surface area contributed by atoms with E-state index in [0.717, 1.165) is 12.8 Å². The van der Waals surface area contributed by atoms with Crippen LogP contribution in [0, 0.1) is 0 Å². The Morgan fingerprint density at radius 1 is 1.00 bits per heavy atom. The van der Waals surface area contributed by atoms with Crippen LogP contribution in [0.2, 0.25) is 0 Å². The van der Waals surface area contributed by atoms with Gasteiger partial charge in [0, 0.05) is 0 Å². The van der Waals surface area contributed by atoms with Gasteiger partial charge in [-0.2, -0.15) is 0 Å². The second-order valence-electron chi connectivity index (χ2n) is 3.55. The second-order valence-corrected chi connectivity index (χ2v) is 3.55. The molecule has 0 saturated heterocycles. The summed E-state index contributed by atoms with van der Waals surface area (Å²) in [6.07, 6.45) is 13.9. The quantitative estimate of drug-likeness (QED) is 0.472. The van der Waals surface area contributed by atoms with E-state index in [9.17, 15) is 0 Å². The molecule has 0 heteroatoms. The van der Waals surface area contributed by atoms with Crippen LogP contribution in [0.15, 0.2) is 35.5 Å². The predicted octanol–water partition coefficient (Wildman–Crippen LogP) is 4.01. The maximum atomic E-state index is 2.35. The van der Waals surface area contributed by atoms with E-state index in [0.29, 0.717) is 0 Å². The molecule has 0 aromatic heterocycles. The SMILES string of the molecule is CC1=CCC/C(C)=C/CC=CC1. The lowest BCUT2D eigenvalue weighted by Gasteiger charge is -2.01. The molecule has 66 valence electrons. The van der Waals surface area contributed by atoms with Crippen LogP contribution in [0.1, 0.15) is 39.5 Å². The van der Waals surface area contributed by atoms with Gasteiger partial charge in [-0.1, -0.05) is 35.5 Å². The zero-order valence-corrected chi connectivity index (χ0v) is 8.14. The Morgan fingerprint density at radius 3 is 2.67 bits per heavy atom. The van der Waals surface area contributed by atoms with E-state index in [1.54, 1.807) is 0 Å². The highest BCUT2D eigenvalue weighted by Gasteiger charge is 1.91. The first kappa shape index (κ1) is 9.31. The summed E-state index contributed by atoms with van der Waals surface area (Å²) >= 11 is 0. The fourth-order valence-electron chi connectivity index (χ4n) is 1.37. The third-order valence-corrected chi connectivity index (χ3v) is 2.24. The van der Waals surface area contributed by atoms with Crippen LogP contribution in [-0.2, 0) is 0 Å². The molecule has 12 heavy (non-hydrogen) atoms. The number of hydrogen-bond donors (Lipinski definition) is 0. The van der Waals surface area contributed by atoms with Crippen LogP contribution in [0.5, 0.6) is 0 Å². The van der Waals surface area contributed by atoms with Crippen molar-refractivity contribution in [3.05, 3.63) is 35.5 Å². The Bertz CT molecular complexity index is 216. The molecular formula is C12H18. The smallest absolute Gasteiger partial charge is 0.0141 e. The first-order valence-electron chi connectivity index (χ1n) is 4.75. The normalized spacial score (nSPS) is 24.2. The monoisotopic (exact) mass is 162 g/mol. The van der Waals surface area contributed by atoms with E-state index >= 15 is 0 Å². The molecule has 0 radical (unpaired) electrons. The lowest BCUT2D eigenvalue weighted by Crippen LogP contribution is -1.81. The van der Waals surface area contributed by atoms with E-state index in [2.05, 4.69) is 38.2 Å². The Balaban J connectivity index is 2.59. The summed E-state index contributed by atoms with van der Waals surface area (Å²) < 4.78 is 0. The van der Waals surface area contributed by atoms with Crippen LogP contribution in [0.25, 0.3) is 0 Å². The first-order valence-corrected chi connectivity index (χ1v) is 4.75. The molecule has 0 aromatic rings. The Labute approximate surface area is 75.7 Å². The van der Waals surface area contributed by atoms with Gasteiger partial charge in [-0.15, -0.1) is 0 Å². The van der Waals surface area contributed by atoms with Crippen molar-refractivity contribution >= 4 is 0 Å². The number of hydrogen-bond acceptors (Lipinski definition) is 0. The van der Waals surface area contributed by atoms with Crippen molar-refractivity contribution in [3.8, 4) is 0 Å². The van der Waals surface area contributed by atoms with E-state index in [4.69, 9.17) is 0 Å². The predicted molar refractivity (Wildman–Crippen MR) is 55.1 cm³/mol. The molecule has 1 rings (SSSR count). The first-order chi connectivity index (χ1) is 5.79. The molecular weight excluding hydrogens is 144 g/mol. The van der Waals surface area contributed by atoms with Crippen molar-refractivity contribution in [1.82, 2.24) is 0 Å². The van der Waals surface area contributed by atoms with Crippen molar-refractivity contribution in [3.63, 3.8) is 0 Å². The van der Waals surface area contributed by atoms with Gasteiger partial charge in [0.05, 0.1) is 0 Å². The lowest BCUT2D eigenvalue weighted by atomic mass is 10.1. The summed E-state index contributed by atoms with van der Waals surface area (Å²) in [6.45, 7) is 4.43. The van der Waals surface area contributed by atoms with Crippen LogP contribution in [0.4, 0.5) is 0 Å². The van der Waals surface area contributed by atoms with Gasteiger partial charge in [-0.3, -0.25) is 0 Å². The third kappa shape index (κ3) is 3.56. The van der Waals surface area contributed by atoms with E-state index in [1.165, 1.54) is 24.0 Å². The minimum atomic E-state index is 1.11. The summed E-state index contributed by atoms with van der Waals surface area (Å²) in [5, 5.41) is 0. The Morgan fingerprint density at radius 2 is 1.83 bits per heavy atom. The van der Waals surface area contributed by atoms with Gasteiger partial charge >= 0.3 is 0 Å². The maximum Gasteiger partial charge on any atom is -0.0141 e. The standard InChI is InChI=1S/C12H18/c1-11-7-4-3-5-8-12(2)10-6-9-11/h3-4,8-9H,5-7,10H2,1-2H3/b4-3?,11-9?,12-8+. The van der Waals surface area contributed by atoms with Crippen molar-refractivity contribution in [2.75, 3.05) is 0 Å². The van der Waals surface area contributed by atoms with Gasteiger partial charge < -0.3 is 0 Å². The molecule has 0 nitrogen and oxygen atoms in total. The zero-order chi connectivity index (χ0) is 8.81. The molecule has 1 aliphatic carbocycles. The summed E-state index contributed by atoms with van der Waals surface area (Å²) in [4.78, 5) is 0. The zero-order valence-electron chi connectivity index (χ0n) is 8.14. The molecule has 0 unspecified atom stereocenters. The van der Waals surface area contributed by atoms with Gasteiger partial charge in [0.15, 0.2) is 0 Å². The van der Waals surface area contributed by atoms with Gasteiger partial charge in [0.2, 0.25) is 0 Å². The van der Waals surface area contributed by atoms with Gasteiger partial charge in [-0.25, -0.2) is 0 Å².